The van der Waals surface area contributed by atoms with Crippen molar-refractivity contribution in [2.75, 3.05) is 6.61 Å². The molecule has 7 nitrogen and oxygen atoms in total. The molecule has 0 aliphatic rings. The molecule has 4 rings (SSSR count). The number of benzene rings is 2. The van der Waals surface area contributed by atoms with Crippen LogP contribution < -0.4 is 4.74 Å². The van der Waals surface area contributed by atoms with Crippen LogP contribution in [0, 0.1) is 13.8 Å². The number of carboxylic acids is 1. The molecule has 0 spiro atoms. The van der Waals surface area contributed by atoms with E-state index in [9.17, 15) is 4.79 Å². The Morgan fingerprint density at radius 1 is 1.06 bits per heavy atom. The van der Waals surface area contributed by atoms with Gasteiger partial charge in [0.2, 0.25) is 5.89 Å². The van der Waals surface area contributed by atoms with Gasteiger partial charge in [0.05, 0.1) is 12.3 Å². The van der Waals surface area contributed by atoms with Crippen LogP contribution in [-0.4, -0.2) is 32.6 Å². The first-order valence-corrected chi connectivity index (χ1v) is 11.7. The van der Waals surface area contributed by atoms with Crippen molar-refractivity contribution >= 4 is 5.97 Å². The second kappa shape index (κ2) is 11.0. The molecule has 2 aromatic heterocycles. The Balaban J connectivity index is 1.44. The Morgan fingerprint density at radius 2 is 1.77 bits per heavy atom. The monoisotopic (exact) mass is 471 g/mol. The molecule has 1 atom stereocenters. The third-order valence-corrected chi connectivity index (χ3v) is 6.04. The largest absolute Gasteiger partial charge is 0.493 e. The van der Waals surface area contributed by atoms with Gasteiger partial charge in [-0.2, -0.15) is 0 Å². The highest BCUT2D eigenvalue weighted by atomic mass is 16.5. The van der Waals surface area contributed by atoms with E-state index in [2.05, 4.69) is 16.9 Å². The predicted octanol–water partition coefficient (Wildman–Crippen LogP) is 6.01. The quantitative estimate of drug-likeness (QED) is 0.303. The number of carbonyl (C=O) groups is 1. The summed E-state index contributed by atoms with van der Waals surface area (Å²) in [5.74, 6) is 2.09. The zero-order valence-corrected chi connectivity index (χ0v) is 20.2. The van der Waals surface area contributed by atoms with Crippen molar-refractivity contribution in [3.8, 4) is 28.6 Å². The molecule has 0 saturated heterocycles. The van der Waals surface area contributed by atoms with E-state index in [-0.39, 0.29) is 12.3 Å². The summed E-state index contributed by atoms with van der Waals surface area (Å²) >= 11 is 0. The van der Waals surface area contributed by atoms with Crippen molar-refractivity contribution in [2.45, 2.75) is 46.0 Å². The summed E-state index contributed by atoms with van der Waals surface area (Å²) in [6.07, 6.45) is 4.94. The molecule has 0 saturated carbocycles. The van der Waals surface area contributed by atoms with E-state index in [0.29, 0.717) is 24.7 Å². The lowest BCUT2D eigenvalue weighted by Crippen LogP contribution is -2.11. The first-order valence-electron chi connectivity index (χ1n) is 11.7. The molecule has 0 aliphatic heterocycles. The zero-order valence-electron chi connectivity index (χ0n) is 20.2. The molecule has 2 heterocycles. The molecule has 0 bridgehead atoms. The summed E-state index contributed by atoms with van der Waals surface area (Å²) in [7, 11) is 0. The number of nitrogens with zero attached hydrogens (tertiary/aromatic N) is 3. The number of rotatable bonds is 10. The summed E-state index contributed by atoms with van der Waals surface area (Å²) < 4.78 is 12.1. The van der Waals surface area contributed by atoms with Gasteiger partial charge in [0.15, 0.2) is 5.82 Å². The highest BCUT2D eigenvalue weighted by Crippen LogP contribution is 2.30. The van der Waals surface area contributed by atoms with Crippen LogP contribution in [0.15, 0.2) is 65.3 Å². The standard InChI is InChI=1S/C28H29N3O4/c1-4-20(17-34-24-12-10-21(18(2)16-24)11-13-25(32)33)26-19(3)35-28(31-26)23-8-6-22(7-9-23)27-29-14-5-15-30-27/h5-10,12,14-16,20H,4,11,13,17H2,1-3H3,(H,32,33). The van der Waals surface area contributed by atoms with E-state index in [1.807, 2.05) is 56.3 Å². The summed E-state index contributed by atoms with van der Waals surface area (Å²) in [4.78, 5) is 24.2. The number of ether oxygens (including phenoxy) is 1. The maximum atomic E-state index is 10.8. The lowest BCUT2D eigenvalue weighted by molar-refractivity contribution is -0.136. The van der Waals surface area contributed by atoms with Gasteiger partial charge in [0.25, 0.3) is 0 Å². The fourth-order valence-electron chi connectivity index (χ4n) is 3.99. The molecular formula is C28H29N3O4. The predicted molar refractivity (Wildman–Crippen MR) is 133 cm³/mol. The van der Waals surface area contributed by atoms with Crippen LogP contribution in [-0.2, 0) is 11.2 Å². The molecule has 35 heavy (non-hydrogen) atoms. The van der Waals surface area contributed by atoms with E-state index in [4.69, 9.17) is 19.2 Å². The van der Waals surface area contributed by atoms with Crippen LogP contribution in [0.25, 0.3) is 22.8 Å². The van der Waals surface area contributed by atoms with E-state index < -0.39 is 5.97 Å². The van der Waals surface area contributed by atoms with Gasteiger partial charge < -0.3 is 14.3 Å². The number of aliphatic carboxylic acids is 1. The Bertz CT molecular complexity index is 1280. The minimum absolute atomic E-state index is 0.0801. The van der Waals surface area contributed by atoms with Crippen molar-refractivity contribution in [1.29, 1.82) is 0 Å². The molecule has 0 aliphatic carbocycles. The van der Waals surface area contributed by atoms with E-state index in [1.54, 1.807) is 18.5 Å². The number of carboxylic acid groups (broad SMARTS) is 1. The molecule has 2 aromatic carbocycles. The van der Waals surface area contributed by atoms with Crippen molar-refractivity contribution in [1.82, 2.24) is 15.0 Å². The molecule has 180 valence electrons. The second-order valence-electron chi connectivity index (χ2n) is 8.51. The van der Waals surface area contributed by atoms with Gasteiger partial charge in [-0.15, -0.1) is 0 Å². The van der Waals surface area contributed by atoms with Crippen LogP contribution in [0.1, 0.15) is 48.3 Å². The highest BCUT2D eigenvalue weighted by molar-refractivity contribution is 5.67. The first-order chi connectivity index (χ1) is 16.9. The maximum absolute atomic E-state index is 10.8. The van der Waals surface area contributed by atoms with Gasteiger partial charge in [-0.05, 0) is 68.1 Å². The highest BCUT2D eigenvalue weighted by Gasteiger charge is 2.20. The van der Waals surface area contributed by atoms with Crippen LogP contribution in [0.5, 0.6) is 5.75 Å². The minimum Gasteiger partial charge on any atom is -0.493 e. The normalized spacial score (nSPS) is 11.9. The third-order valence-electron chi connectivity index (χ3n) is 6.04. The summed E-state index contributed by atoms with van der Waals surface area (Å²) in [6, 6.07) is 15.5. The van der Waals surface area contributed by atoms with Gasteiger partial charge in [-0.25, -0.2) is 15.0 Å². The van der Waals surface area contributed by atoms with Gasteiger partial charge in [0, 0.05) is 35.9 Å². The minimum atomic E-state index is -0.793. The lowest BCUT2D eigenvalue weighted by Gasteiger charge is -2.15. The Morgan fingerprint density at radius 3 is 2.43 bits per heavy atom. The topological polar surface area (TPSA) is 98.3 Å². The SMILES string of the molecule is CCC(COc1ccc(CCC(=O)O)c(C)c1)c1nc(-c2ccc(-c3ncccn3)cc2)oc1C. The van der Waals surface area contributed by atoms with Crippen molar-refractivity contribution in [2.24, 2.45) is 0 Å². The molecule has 0 amide bonds. The first kappa shape index (κ1) is 24.1. The van der Waals surface area contributed by atoms with E-state index in [1.165, 1.54) is 0 Å². The molecular weight excluding hydrogens is 442 g/mol. The number of aryl methyl sites for hydroxylation is 3. The number of aromatic nitrogens is 3. The van der Waals surface area contributed by atoms with Gasteiger partial charge in [-0.3, -0.25) is 4.79 Å². The zero-order chi connectivity index (χ0) is 24.8. The molecule has 1 N–H and O–H groups in total. The fourth-order valence-corrected chi connectivity index (χ4v) is 3.99. The average Bonchev–Trinajstić information content (AvgIpc) is 3.26. The average molecular weight is 472 g/mol. The van der Waals surface area contributed by atoms with Crippen molar-refractivity contribution in [3.05, 3.63) is 83.5 Å². The lowest BCUT2D eigenvalue weighted by atomic mass is 10.0. The van der Waals surface area contributed by atoms with Crippen LogP contribution >= 0.6 is 0 Å². The summed E-state index contributed by atoms with van der Waals surface area (Å²) in [6.45, 7) is 6.49. The Kier molecular flexibility index (Phi) is 7.55. The maximum Gasteiger partial charge on any atom is 0.303 e. The third kappa shape index (κ3) is 5.93. The van der Waals surface area contributed by atoms with E-state index >= 15 is 0 Å². The van der Waals surface area contributed by atoms with Gasteiger partial charge >= 0.3 is 5.97 Å². The summed E-state index contributed by atoms with van der Waals surface area (Å²) in [5, 5.41) is 8.91. The van der Waals surface area contributed by atoms with Gasteiger partial charge in [0.1, 0.15) is 11.5 Å². The summed E-state index contributed by atoms with van der Waals surface area (Å²) in [5.41, 5.74) is 4.77. The molecule has 1 unspecified atom stereocenters. The van der Waals surface area contributed by atoms with Crippen LogP contribution in [0.4, 0.5) is 0 Å². The van der Waals surface area contributed by atoms with Crippen LogP contribution in [0.2, 0.25) is 0 Å². The van der Waals surface area contributed by atoms with Gasteiger partial charge in [-0.1, -0.05) is 25.1 Å². The van der Waals surface area contributed by atoms with Crippen molar-refractivity contribution in [3.63, 3.8) is 0 Å². The number of hydrogen-bond acceptors (Lipinski definition) is 6. The van der Waals surface area contributed by atoms with Crippen LogP contribution in [0.3, 0.4) is 0 Å². The molecule has 4 aromatic rings. The second-order valence-corrected chi connectivity index (χ2v) is 8.51. The van der Waals surface area contributed by atoms with E-state index in [0.717, 1.165) is 45.9 Å². The molecule has 0 radical (unpaired) electrons. The van der Waals surface area contributed by atoms with Crippen molar-refractivity contribution < 1.29 is 19.1 Å². The smallest absolute Gasteiger partial charge is 0.303 e. The molecule has 0 fully saturated rings. The fraction of sp³-hybridized carbons (Fsp3) is 0.286. The Labute approximate surface area is 204 Å². The number of hydrogen-bond donors (Lipinski definition) is 1. The molecule has 7 heteroatoms. The number of oxazole rings is 1. The Hall–Kier alpha value is -4.00.